The Balaban J connectivity index is 1.89. The second-order valence-electron chi connectivity index (χ2n) is 5.80. The zero-order valence-corrected chi connectivity index (χ0v) is 10.9. The van der Waals surface area contributed by atoms with E-state index in [0.29, 0.717) is 11.3 Å². The Kier molecular flexibility index (Phi) is 3.92. The van der Waals surface area contributed by atoms with Crippen molar-refractivity contribution in [1.82, 2.24) is 4.90 Å². The summed E-state index contributed by atoms with van der Waals surface area (Å²) in [4.78, 5) is 2.34. The summed E-state index contributed by atoms with van der Waals surface area (Å²) < 4.78 is 0. The molecule has 0 amide bonds. The van der Waals surface area contributed by atoms with Crippen LogP contribution in [0.15, 0.2) is 5.16 Å². The Morgan fingerprint density at radius 2 is 1.76 bits per heavy atom. The summed E-state index contributed by atoms with van der Waals surface area (Å²) in [7, 11) is 0. The highest BCUT2D eigenvalue weighted by Gasteiger charge is 2.36. The summed E-state index contributed by atoms with van der Waals surface area (Å²) in [5.74, 6) is 0.338. The molecule has 0 bridgehead atoms. The largest absolute Gasteiger partial charge is 0.409 e. The SMILES string of the molecule is CC(C(N)=NO)N1CCC2(CCCCC2)CC1. The van der Waals surface area contributed by atoms with Crippen LogP contribution in [0.25, 0.3) is 0 Å². The number of hydrogen-bond acceptors (Lipinski definition) is 3. The van der Waals surface area contributed by atoms with Crippen LogP contribution < -0.4 is 5.73 Å². The monoisotopic (exact) mass is 239 g/mol. The Labute approximate surface area is 104 Å². The molecule has 2 aliphatic rings. The van der Waals surface area contributed by atoms with Crippen molar-refractivity contribution in [3.8, 4) is 0 Å². The van der Waals surface area contributed by atoms with E-state index in [-0.39, 0.29) is 6.04 Å². The number of hydrogen-bond donors (Lipinski definition) is 2. The molecule has 1 atom stereocenters. The quantitative estimate of drug-likeness (QED) is 0.336. The molecule has 0 aromatic carbocycles. The van der Waals surface area contributed by atoms with Gasteiger partial charge in [0.2, 0.25) is 0 Å². The standard InChI is InChI=1S/C13H25N3O/c1-11(12(14)15-17)16-9-7-13(8-10-16)5-3-2-4-6-13/h11,17H,2-10H2,1H3,(H2,14,15). The van der Waals surface area contributed by atoms with Crippen molar-refractivity contribution in [2.24, 2.45) is 16.3 Å². The van der Waals surface area contributed by atoms with Crippen molar-refractivity contribution in [3.63, 3.8) is 0 Å². The molecule has 0 aromatic heterocycles. The molecule has 0 radical (unpaired) electrons. The van der Waals surface area contributed by atoms with Crippen LogP contribution >= 0.6 is 0 Å². The molecule has 1 heterocycles. The second kappa shape index (κ2) is 5.25. The van der Waals surface area contributed by atoms with E-state index in [1.807, 2.05) is 6.92 Å². The molecule has 1 saturated heterocycles. The maximum absolute atomic E-state index is 8.71. The second-order valence-corrected chi connectivity index (χ2v) is 5.80. The summed E-state index contributed by atoms with van der Waals surface area (Å²) in [5, 5.41) is 11.8. The maximum Gasteiger partial charge on any atom is 0.156 e. The predicted molar refractivity (Wildman–Crippen MR) is 69.2 cm³/mol. The Bertz CT molecular complexity index is 274. The fourth-order valence-corrected chi connectivity index (χ4v) is 3.46. The minimum absolute atomic E-state index is 0.0703. The highest BCUT2D eigenvalue weighted by Crippen LogP contribution is 2.44. The predicted octanol–water partition coefficient (Wildman–Crippen LogP) is 2.17. The van der Waals surface area contributed by atoms with E-state index in [9.17, 15) is 0 Å². The number of rotatable bonds is 2. The van der Waals surface area contributed by atoms with Crippen LogP contribution in [0.1, 0.15) is 51.9 Å². The minimum atomic E-state index is 0.0703. The third kappa shape index (κ3) is 2.73. The summed E-state index contributed by atoms with van der Waals surface area (Å²) in [6.07, 6.45) is 9.65. The zero-order chi connectivity index (χ0) is 12.3. The van der Waals surface area contributed by atoms with Gasteiger partial charge in [0.25, 0.3) is 0 Å². The van der Waals surface area contributed by atoms with Crippen LogP contribution in [0.3, 0.4) is 0 Å². The Morgan fingerprint density at radius 1 is 1.18 bits per heavy atom. The lowest BCUT2D eigenvalue weighted by Gasteiger charge is -2.45. The molecule has 17 heavy (non-hydrogen) atoms. The molecule has 1 unspecified atom stereocenters. The van der Waals surface area contributed by atoms with Gasteiger partial charge >= 0.3 is 0 Å². The van der Waals surface area contributed by atoms with Crippen LogP contribution in [-0.2, 0) is 0 Å². The van der Waals surface area contributed by atoms with Gasteiger partial charge in [0, 0.05) is 0 Å². The van der Waals surface area contributed by atoms with Gasteiger partial charge in [-0.25, -0.2) is 0 Å². The fraction of sp³-hybridized carbons (Fsp3) is 0.923. The van der Waals surface area contributed by atoms with E-state index >= 15 is 0 Å². The summed E-state index contributed by atoms with van der Waals surface area (Å²) in [6, 6.07) is 0.0703. The lowest BCUT2D eigenvalue weighted by atomic mass is 9.68. The summed E-state index contributed by atoms with van der Waals surface area (Å²) in [6.45, 7) is 4.21. The first-order valence-corrected chi connectivity index (χ1v) is 6.88. The lowest BCUT2D eigenvalue weighted by Crippen LogP contribution is -2.49. The molecule has 4 nitrogen and oxygen atoms in total. The zero-order valence-electron chi connectivity index (χ0n) is 10.9. The van der Waals surface area contributed by atoms with Gasteiger partial charge in [-0.3, -0.25) is 4.90 Å². The number of piperidine rings is 1. The maximum atomic E-state index is 8.71. The van der Waals surface area contributed by atoms with Gasteiger partial charge < -0.3 is 10.9 Å². The van der Waals surface area contributed by atoms with Gasteiger partial charge in [-0.2, -0.15) is 0 Å². The van der Waals surface area contributed by atoms with E-state index in [2.05, 4.69) is 10.1 Å². The van der Waals surface area contributed by atoms with E-state index in [1.54, 1.807) is 0 Å². The highest BCUT2D eigenvalue weighted by atomic mass is 16.4. The Hall–Kier alpha value is -0.770. The van der Waals surface area contributed by atoms with E-state index < -0.39 is 0 Å². The smallest absolute Gasteiger partial charge is 0.156 e. The molecule has 3 N–H and O–H groups in total. The van der Waals surface area contributed by atoms with Crippen LogP contribution in [0.2, 0.25) is 0 Å². The van der Waals surface area contributed by atoms with Gasteiger partial charge in [-0.15, -0.1) is 0 Å². The molecule has 1 saturated carbocycles. The van der Waals surface area contributed by atoms with Crippen molar-refractivity contribution in [2.75, 3.05) is 13.1 Å². The van der Waals surface area contributed by atoms with E-state index in [1.165, 1.54) is 44.9 Å². The molecule has 4 heteroatoms. The molecule has 2 rings (SSSR count). The van der Waals surface area contributed by atoms with E-state index in [4.69, 9.17) is 10.9 Å². The Morgan fingerprint density at radius 3 is 2.29 bits per heavy atom. The average molecular weight is 239 g/mol. The van der Waals surface area contributed by atoms with Crippen molar-refractivity contribution in [2.45, 2.75) is 57.9 Å². The molecule has 1 aliphatic heterocycles. The molecular weight excluding hydrogens is 214 g/mol. The van der Waals surface area contributed by atoms with Crippen LogP contribution in [0.4, 0.5) is 0 Å². The van der Waals surface area contributed by atoms with Gasteiger partial charge in [0.15, 0.2) is 5.84 Å². The third-order valence-corrected chi connectivity index (χ3v) is 4.86. The molecule has 98 valence electrons. The number of likely N-dealkylation sites (tertiary alicyclic amines) is 1. The van der Waals surface area contributed by atoms with Gasteiger partial charge in [-0.05, 0) is 51.1 Å². The topological polar surface area (TPSA) is 61.9 Å². The van der Waals surface area contributed by atoms with Crippen molar-refractivity contribution < 1.29 is 5.21 Å². The summed E-state index contributed by atoms with van der Waals surface area (Å²) in [5.41, 5.74) is 6.30. The van der Waals surface area contributed by atoms with Crippen molar-refractivity contribution in [3.05, 3.63) is 0 Å². The summed E-state index contributed by atoms with van der Waals surface area (Å²) >= 11 is 0. The molecule has 2 fully saturated rings. The average Bonchev–Trinajstić information content (AvgIpc) is 2.39. The van der Waals surface area contributed by atoms with Crippen LogP contribution in [-0.4, -0.2) is 35.1 Å². The number of nitrogens with two attached hydrogens (primary N) is 1. The number of oxime groups is 1. The van der Waals surface area contributed by atoms with E-state index in [0.717, 1.165) is 13.1 Å². The van der Waals surface area contributed by atoms with Crippen molar-refractivity contribution in [1.29, 1.82) is 0 Å². The van der Waals surface area contributed by atoms with Gasteiger partial charge in [0.05, 0.1) is 6.04 Å². The highest BCUT2D eigenvalue weighted by molar-refractivity contribution is 5.84. The number of amidine groups is 1. The normalized spacial score (nSPS) is 28.2. The minimum Gasteiger partial charge on any atom is -0.409 e. The molecule has 1 spiro atoms. The molecule has 1 aliphatic carbocycles. The van der Waals surface area contributed by atoms with Crippen molar-refractivity contribution >= 4 is 5.84 Å². The third-order valence-electron chi connectivity index (χ3n) is 4.86. The first-order chi connectivity index (χ1) is 8.17. The first kappa shape index (κ1) is 12.7. The van der Waals surface area contributed by atoms with Gasteiger partial charge in [0.1, 0.15) is 0 Å². The van der Waals surface area contributed by atoms with Crippen LogP contribution in [0, 0.1) is 5.41 Å². The first-order valence-electron chi connectivity index (χ1n) is 6.88. The van der Waals surface area contributed by atoms with Gasteiger partial charge in [-0.1, -0.05) is 24.4 Å². The van der Waals surface area contributed by atoms with Crippen LogP contribution in [0.5, 0.6) is 0 Å². The lowest BCUT2D eigenvalue weighted by molar-refractivity contribution is 0.0607. The number of nitrogens with zero attached hydrogens (tertiary/aromatic N) is 2. The molecule has 0 aromatic rings. The fourth-order valence-electron chi connectivity index (χ4n) is 3.46. The molecular formula is C13H25N3O.